The van der Waals surface area contributed by atoms with Crippen LogP contribution < -0.4 is 10.2 Å². The van der Waals surface area contributed by atoms with Crippen LogP contribution in [0.1, 0.15) is 38.8 Å². The van der Waals surface area contributed by atoms with Crippen molar-refractivity contribution < 1.29 is 13.2 Å². The van der Waals surface area contributed by atoms with Crippen molar-refractivity contribution in [3.8, 4) is 0 Å². The molecule has 3 nitrogen and oxygen atoms in total. The van der Waals surface area contributed by atoms with E-state index in [1.807, 2.05) is 0 Å². The minimum absolute atomic E-state index is 0.298. The standard InChI is InChI=1S/C15H22F3N3/c1-3-7-19-12-6-8-21(11(2)9-12)13-4-5-14(20-10-13)15(16,17)18/h4-5,10-12,19H,3,6-9H2,1-2H3. The molecule has 0 bridgehead atoms. The summed E-state index contributed by atoms with van der Waals surface area (Å²) in [5, 5.41) is 3.51. The molecule has 1 aromatic heterocycles. The van der Waals surface area contributed by atoms with Crippen molar-refractivity contribution in [2.24, 2.45) is 0 Å². The van der Waals surface area contributed by atoms with Crippen molar-refractivity contribution in [3.05, 3.63) is 24.0 Å². The second-order valence-electron chi connectivity index (χ2n) is 5.62. The molecule has 0 spiro atoms. The summed E-state index contributed by atoms with van der Waals surface area (Å²) < 4.78 is 37.6. The number of nitrogens with zero attached hydrogens (tertiary/aromatic N) is 2. The lowest BCUT2D eigenvalue weighted by Gasteiger charge is -2.39. The number of alkyl halides is 3. The molecule has 0 aromatic carbocycles. The number of pyridine rings is 1. The fraction of sp³-hybridized carbons (Fsp3) is 0.667. The Hall–Kier alpha value is -1.30. The summed E-state index contributed by atoms with van der Waals surface area (Å²) in [5.74, 6) is 0. The van der Waals surface area contributed by atoms with Gasteiger partial charge in [-0.25, -0.2) is 4.98 Å². The van der Waals surface area contributed by atoms with Crippen molar-refractivity contribution in [2.75, 3.05) is 18.0 Å². The zero-order valence-corrected chi connectivity index (χ0v) is 12.5. The molecule has 1 saturated heterocycles. The highest BCUT2D eigenvalue weighted by Crippen LogP contribution is 2.30. The fourth-order valence-electron chi connectivity index (χ4n) is 2.81. The highest BCUT2D eigenvalue weighted by molar-refractivity contribution is 5.46. The van der Waals surface area contributed by atoms with Crippen molar-refractivity contribution in [1.29, 1.82) is 0 Å². The maximum absolute atomic E-state index is 12.5. The third-order valence-corrected chi connectivity index (χ3v) is 3.93. The summed E-state index contributed by atoms with van der Waals surface area (Å²) in [7, 11) is 0. The van der Waals surface area contributed by atoms with Gasteiger partial charge in [0.25, 0.3) is 0 Å². The number of piperidine rings is 1. The predicted molar refractivity (Wildman–Crippen MR) is 77.4 cm³/mol. The van der Waals surface area contributed by atoms with Gasteiger partial charge in [-0.05, 0) is 44.9 Å². The quantitative estimate of drug-likeness (QED) is 0.923. The van der Waals surface area contributed by atoms with Gasteiger partial charge in [0.2, 0.25) is 0 Å². The van der Waals surface area contributed by atoms with Crippen LogP contribution in [0, 0.1) is 0 Å². The van der Waals surface area contributed by atoms with E-state index in [1.165, 1.54) is 12.3 Å². The number of anilines is 1. The number of hydrogen-bond donors (Lipinski definition) is 1. The Morgan fingerprint density at radius 2 is 2.14 bits per heavy atom. The third kappa shape index (κ3) is 4.09. The Labute approximate surface area is 123 Å². The first-order valence-electron chi connectivity index (χ1n) is 7.45. The van der Waals surface area contributed by atoms with Gasteiger partial charge in [-0.15, -0.1) is 0 Å². The zero-order chi connectivity index (χ0) is 15.5. The van der Waals surface area contributed by atoms with Gasteiger partial charge >= 0.3 is 6.18 Å². The van der Waals surface area contributed by atoms with Crippen LogP contribution in [0.2, 0.25) is 0 Å². The number of rotatable bonds is 4. The number of aromatic nitrogens is 1. The molecule has 2 atom stereocenters. The van der Waals surface area contributed by atoms with E-state index in [-0.39, 0.29) is 0 Å². The van der Waals surface area contributed by atoms with Crippen LogP contribution in [0.15, 0.2) is 18.3 Å². The maximum Gasteiger partial charge on any atom is 0.433 e. The van der Waals surface area contributed by atoms with Gasteiger partial charge < -0.3 is 10.2 Å². The summed E-state index contributed by atoms with van der Waals surface area (Å²) in [6.45, 7) is 6.10. The topological polar surface area (TPSA) is 28.2 Å². The monoisotopic (exact) mass is 301 g/mol. The van der Waals surface area contributed by atoms with Gasteiger partial charge in [0, 0.05) is 18.6 Å². The van der Waals surface area contributed by atoms with E-state index in [4.69, 9.17) is 0 Å². The Morgan fingerprint density at radius 1 is 1.38 bits per heavy atom. The molecular weight excluding hydrogens is 279 g/mol. The Kier molecular flexibility index (Phi) is 5.08. The van der Waals surface area contributed by atoms with E-state index in [0.717, 1.165) is 44.1 Å². The molecule has 6 heteroatoms. The van der Waals surface area contributed by atoms with Crippen molar-refractivity contribution >= 4 is 5.69 Å². The van der Waals surface area contributed by atoms with Crippen LogP contribution in [0.25, 0.3) is 0 Å². The first-order chi connectivity index (χ1) is 9.91. The number of halogens is 3. The van der Waals surface area contributed by atoms with E-state index in [9.17, 15) is 13.2 Å². The van der Waals surface area contributed by atoms with Crippen LogP contribution in [-0.2, 0) is 6.18 Å². The molecule has 1 N–H and O–H groups in total. The summed E-state index contributed by atoms with van der Waals surface area (Å²) in [6, 6.07) is 3.38. The average molecular weight is 301 g/mol. The van der Waals surface area contributed by atoms with E-state index in [2.05, 4.69) is 29.0 Å². The van der Waals surface area contributed by atoms with E-state index >= 15 is 0 Å². The van der Waals surface area contributed by atoms with Gasteiger partial charge in [-0.3, -0.25) is 0 Å². The molecule has 1 aromatic rings. The molecule has 1 fully saturated rings. The molecule has 118 valence electrons. The highest BCUT2D eigenvalue weighted by Gasteiger charge is 2.32. The summed E-state index contributed by atoms with van der Waals surface area (Å²) in [4.78, 5) is 5.68. The van der Waals surface area contributed by atoms with Crippen LogP contribution in [0.5, 0.6) is 0 Å². The Bertz CT molecular complexity index is 444. The van der Waals surface area contributed by atoms with Crippen molar-refractivity contribution in [3.63, 3.8) is 0 Å². The molecule has 1 aliphatic heterocycles. The van der Waals surface area contributed by atoms with Crippen LogP contribution in [0.3, 0.4) is 0 Å². The first-order valence-corrected chi connectivity index (χ1v) is 7.45. The summed E-state index contributed by atoms with van der Waals surface area (Å²) in [6.07, 6.45) is 0.0735. The van der Waals surface area contributed by atoms with Crippen LogP contribution >= 0.6 is 0 Å². The lowest BCUT2D eigenvalue weighted by molar-refractivity contribution is -0.141. The largest absolute Gasteiger partial charge is 0.433 e. The molecule has 21 heavy (non-hydrogen) atoms. The average Bonchev–Trinajstić information content (AvgIpc) is 2.44. The summed E-state index contributed by atoms with van der Waals surface area (Å²) >= 11 is 0. The second-order valence-corrected chi connectivity index (χ2v) is 5.62. The van der Waals surface area contributed by atoms with E-state index < -0.39 is 11.9 Å². The van der Waals surface area contributed by atoms with E-state index in [1.54, 1.807) is 0 Å². The van der Waals surface area contributed by atoms with E-state index in [0.29, 0.717) is 12.1 Å². The normalized spacial score (nSPS) is 23.4. The molecule has 0 aliphatic carbocycles. The predicted octanol–water partition coefficient (Wildman–Crippen LogP) is 3.46. The minimum Gasteiger partial charge on any atom is -0.367 e. The highest BCUT2D eigenvalue weighted by atomic mass is 19.4. The molecule has 2 rings (SSSR count). The maximum atomic E-state index is 12.5. The number of nitrogens with one attached hydrogen (secondary N) is 1. The van der Waals surface area contributed by atoms with Gasteiger partial charge in [0.05, 0.1) is 11.9 Å². The second kappa shape index (κ2) is 6.64. The molecular formula is C15H22F3N3. The van der Waals surface area contributed by atoms with Crippen molar-refractivity contribution in [2.45, 2.75) is 51.4 Å². The van der Waals surface area contributed by atoms with Crippen LogP contribution in [0.4, 0.5) is 18.9 Å². The van der Waals surface area contributed by atoms with Crippen molar-refractivity contribution in [1.82, 2.24) is 10.3 Å². The minimum atomic E-state index is -4.37. The molecule has 0 saturated carbocycles. The third-order valence-electron chi connectivity index (χ3n) is 3.93. The van der Waals surface area contributed by atoms with Gasteiger partial charge in [-0.2, -0.15) is 13.2 Å². The fourth-order valence-corrected chi connectivity index (χ4v) is 2.81. The first kappa shape index (κ1) is 16.1. The van der Waals surface area contributed by atoms with Crippen LogP contribution in [-0.4, -0.2) is 30.2 Å². The SMILES string of the molecule is CCCNC1CCN(c2ccc(C(F)(F)F)nc2)C(C)C1. The van der Waals surface area contributed by atoms with Gasteiger partial charge in [-0.1, -0.05) is 6.92 Å². The van der Waals surface area contributed by atoms with Gasteiger partial charge in [0.15, 0.2) is 0 Å². The molecule has 1 aliphatic rings. The number of hydrogen-bond acceptors (Lipinski definition) is 3. The molecule has 2 unspecified atom stereocenters. The molecule has 0 amide bonds. The Balaban J connectivity index is 2.00. The lowest BCUT2D eigenvalue weighted by atomic mass is 9.97. The molecule has 0 radical (unpaired) electrons. The smallest absolute Gasteiger partial charge is 0.367 e. The lowest BCUT2D eigenvalue weighted by Crippen LogP contribution is -2.47. The molecule has 2 heterocycles. The van der Waals surface area contributed by atoms with Gasteiger partial charge in [0.1, 0.15) is 5.69 Å². The summed E-state index contributed by atoms with van der Waals surface area (Å²) in [5.41, 5.74) is -0.0668. The Morgan fingerprint density at radius 3 is 2.67 bits per heavy atom. The zero-order valence-electron chi connectivity index (χ0n) is 12.5.